The number of hydrogen-bond acceptors (Lipinski definition) is 6. The Morgan fingerprint density at radius 2 is 2.04 bits per heavy atom. The molecule has 1 aliphatic rings. The second-order valence-electron chi connectivity index (χ2n) is 6.07. The van der Waals surface area contributed by atoms with Gasteiger partial charge >= 0.3 is 0 Å². The molecule has 3 heterocycles. The zero-order valence-corrected chi connectivity index (χ0v) is 17.4. The molecule has 27 heavy (non-hydrogen) atoms. The number of halogens is 2. The smallest absolute Gasteiger partial charge is 0.260 e. The molecule has 3 aromatic rings. The summed E-state index contributed by atoms with van der Waals surface area (Å²) in [5.41, 5.74) is 0. The molecule has 1 fully saturated rings. The van der Waals surface area contributed by atoms with Gasteiger partial charge in [-0.25, -0.2) is 9.97 Å². The maximum atomic E-state index is 12.5. The van der Waals surface area contributed by atoms with Crippen molar-refractivity contribution in [3.8, 4) is 5.75 Å². The number of anilines is 1. The van der Waals surface area contributed by atoms with Gasteiger partial charge in [-0.15, -0.1) is 11.3 Å². The van der Waals surface area contributed by atoms with E-state index in [9.17, 15) is 4.79 Å². The van der Waals surface area contributed by atoms with Crippen LogP contribution in [-0.2, 0) is 4.79 Å². The predicted octanol–water partition coefficient (Wildman–Crippen LogP) is 3.83. The normalized spacial score (nSPS) is 14.6. The number of benzene rings is 1. The van der Waals surface area contributed by atoms with Crippen LogP contribution in [0.3, 0.4) is 0 Å². The van der Waals surface area contributed by atoms with Crippen LogP contribution in [-0.4, -0.2) is 53.6 Å². The molecule has 1 aromatic carbocycles. The van der Waals surface area contributed by atoms with E-state index in [1.54, 1.807) is 29.8 Å². The molecular formula is C18H16BrClN4O2S. The average molecular weight is 468 g/mol. The van der Waals surface area contributed by atoms with Crippen molar-refractivity contribution < 1.29 is 9.53 Å². The fraction of sp³-hybridized carbons (Fsp3) is 0.278. The molecule has 140 valence electrons. The van der Waals surface area contributed by atoms with Crippen LogP contribution in [0.5, 0.6) is 5.75 Å². The van der Waals surface area contributed by atoms with E-state index in [1.807, 2.05) is 22.4 Å². The zero-order valence-electron chi connectivity index (χ0n) is 14.3. The summed E-state index contributed by atoms with van der Waals surface area (Å²) in [4.78, 5) is 26.2. The van der Waals surface area contributed by atoms with Crippen LogP contribution in [0.4, 0.5) is 5.82 Å². The van der Waals surface area contributed by atoms with E-state index >= 15 is 0 Å². The fourth-order valence-corrected chi connectivity index (χ4v) is 4.47. The number of nitrogens with zero attached hydrogens (tertiary/aromatic N) is 4. The molecule has 0 unspecified atom stereocenters. The lowest BCUT2D eigenvalue weighted by Gasteiger charge is -2.35. The van der Waals surface area contributed by atoms with Gasteiger partial charge in [0.1, 0.15) is 22.7 Å². The van der Waals surface area contributed by atoms with Crippen LogP contribution in [0.15, 0.2) is 40.4 Å². The van der Waals surface area contributed by atoms with Crippen molar-refractivity contribution in [3.05, 3.63) is 45.5 Å². The van der Waals surface area contributed by atoms with E-state index < -0.39 is 0 Å². The quantitative estimate of drug-likeness (QED) is 0.583. The minimum atomic E-state index is -0.0444. The predicted molar refractivity (Wildman–Crippen MR) is 111 cm³/mol. The summed E-state index contributed by atoms with van der Waals surface area (Å²) in [6, 6.07) is 7.37. The van der Waals surface area contributed by atoms with Crippen molar-refractivity contribution in [1.82, 2.24) is 14.9 Å². The average Bonchev–Trinajstić information content (AvgIpc) is 3.16. The Hall–Kier alpha value is -1.90. The molecule has 0 saturated carbocycles. The summed E-state index contributed by atoms with van der Waals surface area (Å²) in [5, 5.41) is 3.56. The molecule has 0 aliphatic carbocycles. The van der Waals surface area contributed by atoms with Gasteiger partial charge in [-0.2, -0.15) is 0 Å². The van der Waals surface area contributed by atoms with Crippen molar-refractivity contribution in [2.75, 3.05) is 37.7 Å². The number of rotatable bonds is 4. The third-order valence-electron chi connectivity index (χ3n) is 4.42. The van der Waals surface area contributed by atoms with Crippen molar-refractivity contribution in [3.63, 3.8) is 0 Å². The highest BCUT2D eigenvalue weighted by atomic mass is 79.9. The largest absolute Gasteiger partial charge is 0.482 e. The van der Waals surface area contributed by atoms with E-state index in [0.717, 1.165) is 33.6 Å². The molecule has 0 bridgehead atoms. The highest BCUT2D eigenvalue weighted by Crippen LogP contribution is 2.28. The molecule has 9 heteroatoms. The van der Waals surface area contributed by atoms with Gasteiger partial charge in [0.2, 0.25) is 0 Å². The summed E-state index contributed by atoms with van der Waals surface area (Å²) >= 11 is 11.1. The lowest BCUT2D eigenvalue weighted by Crippen LogP contribution is -2.50. The lowest BCUT2D eigenvalue weighted by molar-refractivity contribution is -0.133. The molecule has 1 amide bonds. The van der Waals surface area contributed by atoms with Gasteiger partial charge < -0.3 is 14.5 Å². The molecule has 0 spiro atoms. The van der Waals surface area contributed by atoms with Gasteiger partial charge in [-0.3, -0.25) is 4.79 Å². The summed E-state index contributed by atoms with van der Waals surface area (Å²) in [6.45, 7) is 2.70. The number of thiophene rings is 1. The number of piperazine rings is 1. The fourth-order valence-electron chi connectivity index (χ4n) is 3.02. The van der Waals surface area contributed by atoms with Crippen LogP contribution in [0.1, 0.15) is 0 Å². The highest BCUT2D eigenvalue weighted by Gasteiger charge is 2.23. The molecule has 4 rings (SSSR count). The molecular weight excluding hydrogens is 452 g/mol. The summed E-state index contributed by atoms with van der Waals surface area (Å²) < 4.78 is 6.46. The number of carbonyl (C=O) groups is 1. The number of fused-ring (bicyclic) bond motifs is 1. The minimum absolute atomic E-state index is 0.0242. The molecule has 6 nitrogen and oxygen atoms in total. The third kappa shape index (κ3) is 4.02. The maximum Gasteiger partial charge on any atom is 0.260 e. The van der Waals surface area contributed by atoms with Gasteiger partial charge in [-0.1, -0.05) is 27.5 Å². The number of hydrogen-bond donors (Lipinski definition) is 0. The van der Waals surface area contributed by atoms with Gasteiger partial charge in [0.15, 0.2) is 6.61 Å². The van der Waals surface area contributed by atoms with Gasteiger partial charge in [0.05, 0.1) is 10.4 Å². The number of ether oxygens (including phenoxy) is 1. The van der Waals surface area contributed by atoms with Crippen LogP contribution in [0.25, 0.3) is 10.2 Å². The molecule has 1 saturated heterocycles. The Kier molecular flexibility index (Phi) is 5.47. The van der Waals surface area contributed by atoms with Crippen LogP contribution in [0.2, 0.25) is 5.02 Å². The standard InChI is InChI=1S/C18H16BrClN4O2S/c19-12-1-2-15(14(20)9-12)26-10-16(25)23-4-6-24(7-5-23)17-13-3-8-27-18(13)22-11-21-17/h1-3,8-9,11H,4-7,10H2. The first kappa shape index (κ1) is 18.5. The van der Waals surface area contributed by atoms with Crippen molar-refractivity contribution >= 4 is 60.8 Å². The Bertz CT molecular complexity index is 975. The summed E-state index contributed by atoms with van der Waals surface area (Å²) in [5.74, 6) is 1.40. The summed E-state index contributed by atoms with van der Waals surface area (Å²) in [7, 11) is 0. The highest BCUT2D eigenvalue weighted by molar-refractivity contribution is 9.10. The monoisotopic (exact) mass is 466 g/mol. The van der Waals surface area contributed by atoms with Gasteiger partial charge in [0.25, 0.3) is 5.91 Å². The van der Waals surface area contributed by atoms with Crippen molar-refractivity contribution in [1.29, 1.82) is 0 Å². The first-order chi connectivity index (χ1) is 13.1. The first-order valence-corrected chi connectivity index (χ1v) is 10.5. The van der Waals surface area contributed by atoms with E-state index in [0.29, 0.717) is 23.9 Å². The molecule has 2 aromatic heterocycles. The van der Waals surface area contributed by atoms with E-state index in [2.05, 4.69) is 30.8 Å². The second-order valence-corrected chi connectivity index (χ2v) is 8.29. The molecule has 0 atom stereocenters. The number of aromatic nitrogens is 2. The second kappa shape index (κ2) is 8.00. The molecule has 0 N–H and O–H groups in total. The van der Waals surface area contributed by atoms with Crippen LogP contribution < -0.4 is 9.64 Å². The molecule has 0 radical (unpaired) electrons. The Labute approximate surface area is 173 Å². The first-order valence-electron chi connectivity index (χ1n) is 8.40. The Morgan fingerprint density at radius 1 is 1.22 bits per heavy atom. The SMILES string of the molecule is O=C(COc1ccc(Br)cc1Cl)N1CCN(c2ncnc3sccc23)CC1. The van der Waals surface area contributed by atoms with E-state index in [4.69, 9.17) is 16.3 Å². The molecule has 1 aliphatic heterocycles. The van der Waals surface area contributed by atoms with Crippen molar-refractivity contribution in [2.24, 2.45) is 0 Å². The van der Waals surface area contributed by atoms with Crippen LogP contribution >= 0.6 is 38.9 Å². The summed E-state index contributed by atoms with van der Waals surface area (Å²) in [6.07, 6.45) is 1.60. The minimum Gasteiger partial charge on any atom is -0.482 e. The van der Waals surface area contributed by atoms with E-state index in [-0.39, 0.29) is 12.5 Å². The van der Waals surface area contributed by atoms with Crippen LogP contribution in [0, 0.1) is 0 Å². The zero-order chi connectivity index (χ0) is 18.8. The number of amides is 1. The topological polar surface area (TPSA) is 58.6 Å². The van der Waals surface area contributed by atoms with Gasteiger partial charge in [-0.05, 0) is 29.6 Å². The van der Waals surface area contributed by atoms with Gasteiger partial charge in [0, 0.05) is 30.7 Å². The number of carbonyl (C=O) groups excluding carboxylic acids is 1. The lowest BCUT2D eigenvalue weighted by atomic mass is 10.2. The maximum absolute atomic E-state index is 12.5. The Morgan fingerprint density at radius 3 is 2.81 bits per heavy atom. The Balaban J connectivity index is 1.35. The third-order valence-corrected chi connectivity index (χ3v) is 6.03. The van der Waals surface area contributed by atoms with Crippen molar-refractivity contribution in [2.45, 2.75) is 0 Å². The van der Waals surface area contributed by atoms with E-state index in [1.165, 1.54) is 0 Å².